The molecular weight excluding hydrogens is 359 g/mol. The van der Waals surface area contributed by atoms with Gasteiger partial charge in [-0.25, -0.2) is 9.18 Å². The van der Waals surface area contributed by atoms with Gasteiger partial charge in [0.2, 0.25) is 0 Å². The highest BCUT2D eigenvalue weighted by Gasteiger charge is 2.26. The first-order chi connectivity index (χ1) is 12.5. The van der Waals surface area contributed by atoms with Gasteiger partial charge in [0.15, 0.2) is 0 Å². The molecule has 1 saturated heterocycles. The molecule has 5 nitrogen and oxygen atoms in total. The number of methoxy groups -OCH3 is 1. The second kappa shape index (κ2) is 7.91. The Bertz CT molecular complexity index is 798. The maximum atomic E-state index is 14.1. The van der Waals surface area contributed by atoms with Crippen molar-refractivity contribution in [1.82, 2.24) is 4.98 Å². The molecule has 138 valence electrons. The molecule has 1 fully saturated rings. The molecule has 26 heavy (non-hydrogen) atoms. The van der Waals surface area contributed by atoms with E-state index in [0.717, 1.165) is 36.8 Å². The van der Waals surface area contributed by atoms with Crippen molar-refractivity contribution in [3.8, 4) is 5.75 Å². The van der Waals surface area contributed by atoms with Gasteiger partial charge in [-0.05, 0) is 38.0 Å². The molecule has 2 aromatic rings. The van der Waals surface area contributed by atoms with Crippen LogP contribution in [-0.2, 0) is 4.74 Å². The van der Waals surface area contributed by atoms with Gasteiger partial charge in [-0.1, -0.05) is 11.6 Å². The molecule has 2 heterocycles. The van der Waals surface area contributed by atoms with E-state index in [2.05, 4.69) is 14.6 Å². The van der Waals surface area contributed by atoms with Gasteiger partial charge in [-0.3, -0.25) is 4.98 Å². The lowest BCUT2D eigenvalue weighted by Gasteiger charge is -2.26. The summed E-state index contributed by atoms with van der Waals surface area (Å²) >= 11 is 6.14. The van der Waals surface area contributed by atoms with Crippen LogP contribution in [-0.4, -0.2) is 37.3 Å². The second-order valence-corrected chi connectivity index (χ2v) is 6.62. The summed E-state index contributed by atoms with van der Waals surface area (Å²) in [7, 11) is 1.19. The van der Waals surface area contributed by atoms with Crippen molar-refractivity contribution < 1.29 is 18.7 Å². The molecule has 0 aliphatic carbocycles. The van der Waals surface area contributed by atoms with Crippen molar-refractivity contribution in [1.29, 1.82) is 0 Å². The van der Waals surface area contributed by atoms with E-state index in [1.54, 1.807) is 0 Å². The monoisotopic (exact) mass is 378 g/mol. The first-order valence-corrected chi connectivity index (χ1v) is 8.77. The van der Waals surface area contributed by atoms with E-state index in [0.29, 0.717) is 6.61 Å². The van der Waals surface area contributed by atoms with Crippen LogP contribution in [0.15, 0.2) is 30.5 Å². The van der Waals surface area contributed by atoms with Crippen molar-refractivity contribution in [2.24, 2.45) is 0 Å². The molecule has 1 aromatic carbocycles. The first-order valence-electron chi connectivity index (χ1n) is 8.39. The van der Waals surface area contributed by atoms with Crippen LogP contribution in [0, 0.1) is 12.7 Å². The van der Waals surface area contributed by atoms with Crippen LogP contribution in [0.25, 0.3) is 0 Å². The Morgan fingerprint density at radius 1 is 1.42 bits per heavy atom. The number of hydrogen-bond donors (Lipinski definition) is 0. The molecule has 0 unspecified atom stereocenters. The fourth-order valence-electron chi connectivity index (χ4n) is 3.07. The van der Waals surface area contributed by atoms with Crippen LogP contribution in [0.5, 0.6) is 5.75 Å². The van der Waals surface area contributed by atoms with Gasteiger partial charge in [-0.15, -0.1) is 0 Å². The minimum absolute atomic E-state index is 0.152. The number of anilines is 1. The molecule has 0 radical (unpaired) electrons. The van der Waals surface area contributed by atoms with Gasteiger partial charge in [0, 0.05) is 18.3 Å². The highest BCUT2D eigenvalue weighted by molar-refractivity contribution is 6.32. The fourth-order valence-corrected chi connectivity index (χ4v) is 3.29. The Balaban J connectivity index is 1.71. The lowest BCUT2D eigenvalue weighted by molar-refractivity contribution is 0.0595. The second-order valence-electron chi connectivity index (χ2n) is 6.21. The molecule has 1 aromatic heterocycles. The van der Waals surface area contributed by atoms with Crippen LogP contribution in [0.3, 0.4) is 0 Å². The third-order valence-electron chi connectivity index (χ3n) is 4.46. The zero-order valence-electron chi connectivity index (χ0n) is 14.7. The number of pyridine rings is 1. The first kappa shape index (κ1) is 18.5. The van der Waals surface area contributed by atoms with E-state index in [1.165, 1.54) is 13.2 Å². The molecule has 0 spiro atoms. The van der Waals surface area contributed by atoms with E-state index < -0.39 is 11.8 Å². The number of benzene rings is 1. The number of halogens is 2. The summed E-state index contributed by atoms with van der Waals surface area (Å²) in [6.45, 7) is 3.23. The lowest BCUT2D eigenvalue weighted by atomic mass is 10.2. The summed E-state index contributed by atoms with van der Waals surface area (Å²) in [5.41, 5.74) is 1.80. The van der Waals surface area contributed by atoms with E-state index in [9.17, 15) is 9.18 Å². The summed E-state index contributed by atoms with van der Waals surface area (Å²) in [5.74, 6) is -1.28. The number of aryl methyl sites for hydroxylation is 1. The smallest absolute Gasteiger partial charge is 0.340 e. The Kier molecular flexibility index (Phi) is 5.61. The van der Waals surface area contributed by atoms with E-state index in [4.69, 9.17) is 16.3 Å². The van der Waals surface area contributed by atoms with Gasteiger partial charge >= 0.3 is 5.97 Å². The lowest BCUT2D eigenvalue weighted by Crippen LogP contribution is -2.34. The molecule has 0 amide bonds. The van der Waals surface area contributed by atoms with Crippen LogP contribution in [0.2, 0.25) is 5.02 Å². The maximum absolute atomic E-state index is 14.1. The predicted molar refractivity (Wildman–Crippen MR) is 97.6 cm³/mol. The summed E-state index contributed by atoms with van der Waals surface area (Å²) in [6, 6.07) is 6.52. The third-order valence-corrected chi connectivity index (χ3v) is 4.76. The number of rotatable bonds is 5. The number of aromatic nitrogens is 1. The summed E-state index contributed by atoms with van der Waals surface area (Å²) in [6.07, 6.45) is 3.87. The standard InChI is InChI=1S/C19H20ClFN2O3/c1-12-5-6-13(10-22-12)23-7-3-4-14(23)11-26-18-9-17(21)15(8-16(18)20)19(24)25-2/h5-6,8-10,14H,3-4,7,11H2,1-2H3/t14-/m1/s1. The molecule has 3 rings (SSSR count). The average molecular weight is 379 g/mol. The topological polar surface area (TPSA) is 51.7 Å². The van der Waals surface area contributed by atoms with Crippen LogP contribution in [0.1, 0.15) is 28.9 Å². The summed E-state index contributed by atoms with van der Waals surface area (Å²) in [4.78, 5) is 18.1. The Morgan fingerprint density at radius 3 is 2.92 bits per heavy atom. The van der Waals surface area contributed by atoms with E-state index in [1.807, 2.05) is 25.3 Å². The van der Waals surface area contributed by atoms with Crippen molar-refractivity contribution in [2.45, 2.75) is 25.8 Å². The number of carbonyl (C=O) groups is 1. The van der Waals surface area contributed by atoms with Crippen LogP contribution in [0.4, 0.5) is 10.1 Å². The molecule has 1 atom stereocenters. The quantitative estimate of drug-likeness (QED) is 0.735. The van der Waals surface area contributed by atoms with Crippen molar-refractivity contribution in [2.75, 3.05) is 25.2 Å². The number of ether oxygens (including phenoxy) is 2. The van der Waals surface area contributed by atoms with Gasteiger partial charge in [0.05, 0.1) is 35.6 Å². The third kappa shape index (κ3) is 3.90. The highest BCUT2D eigenvalue weighted by Crippen LogP contribution is 2.30. The molecule has 1 aliphatic rings. The minimum atomic E-state index is -0.773. The van der Waals surface area contributed by atoms with Crippen molar-refractivity contribution in [3.05, 3.63) is 52.6 Å². The normalized spacial score (nSPS) is 16.6. The highest BCUT2D eigenvalue weighted by atomic mass is 35.5. The molecule has 0 bridgehead atoms. The SMILES string of the molecule is COC(=O)c1cc(Cl)c(OC[C@H]2CCCN2c2ccc(C)nc2)cc1F. The number of hydrogen-bond acceptors (Lipinski definition) is 5. The number of esters is 1. The number of nitrogens with zero attached hydrogens (tertiary/aromatic N) is 2. The summed E-state index contributed by atoms with van der Waals surface area (Å²) < 4.78 is 24.4. The Morgan fingerprint density at radius 2 is 2.23 bits per heavy atom. The molecule has 1 aliphatic heterocycles. The van der Waals surface area contributed by atoms with Crippen LogP contribution >= 0.6 is 11.6 Å². The minimum Gasteiger partial charge on any atom is -0.490 e. The average Bonchev–Trinajstić information content (AvgIpc) is 3.10. The van der Waals surface area contributed by atoms with E-state index >= 15 is 0 Å². The van der Waals surface area contributed by atoms with Crippen molar-refractivity contribution >= 4 is 23.3 Å². The van der Waals surface area contributed by atoms with Crippen LogP contribution < -0.4 is 9.64 Å². The van der Waals surface area contributed by atoms with Gasteiger partial charge in [0.1, 0.15) is 18.2 Å². The fraction of sp³-hybridized carbons (Fsp3) is 0.368. The molecule has 0 saturated carbocycles. The number of carbonyl (C=O) groups excluding carboxylic acids is 1. The van der Waals surface area contributed by atoms with Gasteiger partial charge in [0.25, 0.3) is 0 Å². The largest absolute Gasteiger partial charge is 0.490 e. The summed E-state index contributed by atoms with van der Waals surface area (Å²) in [5, 5.41) is 0.174. The predicted octanol–water partition coefficient (Wildman–Crippen LogP) is 4.02. The molecule has 0 N–H and O–H groups in total. The molecular formula is C19H20ClFN2O3. The van der Waals surface area contributed by atoms with Crippen molar-refractivity contribution in [3.63, 3.8) is 0 Å². The Labute approximate surface area is 156 Å². The Hall–Kier alpha value is -2.34. The van der Waals surface area contributed by atoms with E-state index in [-0.39, 0.29) is 22.4 Å². The van der Waals surface area contributed by atoms with Gasteiger partial charge < -0.3 is 14.4 Å². The molecule has 7 heteroatoms. The maximum Gasteiger partial charge on any atom is 0.340 e. The zero-order valence-corrected chi connectivity index (χ0v) is 15.4. The zero-order chi connectivity index (χ0) is 18.7. The van der Waals surface area contributed by atoms with Gasteiger partial charge in [-0.2, -0.15) is 0 Å².